The van der Waals surface area contributed by atoms with Crippen molar-refractivity contribution in [2.75, 3.05) is 11.9 Å². The molecule has 0 saturated carbocycles. The molecule has 17 heavy (non-hydrogen) atoms. The van der Waals surface area contributed by atoms with Crippen molar-refractivity contribution in [2.24, 2.45) is 0 Å². The third-order valence-electron chi connectivity index (χ3n) is 2.22. The first-order valence-electron chi connectivity index (χ1n) is 5.08. The first-order valence-corrected chi connectivity index (χ1v) is 5.90. The van der Waals surface area contributed by atoms with Gasteiger partial charge in [-0.3, -0.25) is 0 Å². The molecule has 2 heterocycles. The average Bonchev–Trinajstić information content (AvgIpc) is 2.88. The zero-order valence-electron chi connectivity index (χ0n) is 9.23. The van der Waals surface area contributed by atoms with Gasteiger partial charge in [0, 0.05) is 29.7 Å². The number of hydrogen-bond donors (Lipinski definition) is 3. The topological polar surface area (TPSA) is 90.9 Å². The second kappa shape index (κ2) is 4.96. The van der Waals surface area contributed by atoms with E-state index in [9.17, 15) is 4.79 Å². The van der Waals surface area contributed by atoms with E-state index in [4.69, 9.17) is 5.11 Å². The Balaban J connectivity index is 1.91. The second-order valence-electron chi connectivity index (χ2n) is 3.48. The van der Waals surface area contributed by atoms with Gasteiger partial charge in [-0.05, 0) is 6.92 Å². The summed E-state index contributed by atoms with van der Waals surface area (Å²) in [7, 11) is 0. The quantitative estimate of drug-likeness (QED) is 0.750. The molecular weight excluding hydrogens is 240 g/mol. The molecule has 0 fully saturated rings. The van der Waals surface area contributed by atoms with Crippen LogP contribution in [0.3, 0.4) is 0 Å². The number of hydrogen-bond acceptors (Lipinski definition) is 5. The fourth-order valence-electron chi connectivity index (χ4n) is 1.40. The SMILES string of the molecule is Cc1sc(NCCc2cnc[nH]2)nc1C(=O)O. The number of nitrogens with one attached hydrogen (secondary N) is 2. The monoisotopic (exact) mass is 252 g/mol. The van der Waals surface area contributed by atoms with E-state index in [1.165, 1.54) is 11.3 Å². The molecule has 0 atom stereocenters. The van der Waals surface area contributed by atoms with E-state index in [2.05, 4.69) is 20.3 Å². The van der Waals surface area contributed by atoms with Gasteiger partial charge in [-0.15, -0.1) is 11.3 Å². The van der Waals surface area contributed by atoms with E-state index in [-0.39, 0.29) is 5.69 Å². The summed E-state index contributed by atoms with van der Waals surface area (Å²) in [6.07, 6.45) is 4.18. The molecule has 0 aliphatic carbocycles. The van der Waals surface area contributed by atoms with Gasteiger partial charge in [0.1, 0.15) is 0 Å². The van der Waals surface area contributed by atoms with Crippen molar-refractivity contribution < 1.29 is 9.90 Å². The van der Waals surface area contributed by atoms with E-state index in [0.717, 1.165) is 12.1 Å². The molecule has 2 rings (SSSR count). The molecule has 0 aliphatic rings. The van der Waals surface area contributed by atoms with Crippen LogP contribution in [0.1, 0.15) is 21.1 Å². The molecule has 0 aromatic carbocycles. The number of rotatable bonds is 5. The minimum absolute atomic E-state index is 0.124. The zero-order chi connectivity index (χ0) is 12.3. The van der Waals surface area contributed by atoms with Gasteiger partial charge in [0.05, 0.1) is 6.33 Å². The Bertz CT molecular complexity index is 506. The summed E-state index contributed by atoms with van der Waals surface area (Å²) >= 11 is 1.35. The lowest BCUT2D eigenvalue weighted by molar-refractivity contribution is 0.0690. The molecule has 0 unspecified atom stereocenters. The van der Waals surface area contributed by atoms with Crippen LogP contribution in [0, 0.1) is 6.92 Å². The van der Waals surface area contributed by atoms with Crippen molar-refractivity contribution in [2.45, 2.75) is 13.3 Å². The van der Waals surface area contributed by atoms with Gasteiger partial charge in [0.2, 0.25) is 0 Å². The Morgan fingerprint density at radius 3 is 3.06 bits per heavy atom. The van der Waals surface area contributed by atoms with Crippen LogP contribution in [0.2, 0.25) is 0 Å². The highest BCUT2D eigenvalue weighted by Gasteiger charge is 2.13. The van der Waals surface area contributed by atoms with Crippen molar-refractivity contribution in [3.63, 3.8) is 0 Å². The normalized spacial score (nSPS) is 10.4. The van der Waals surface area contributed by atoms with E-state index in [1.807, 2.05) is 0 Å². The minimum atomic E-state index is -0.986. The molecule has 6 nitrogen and oxygen atoms in total. The first-order chi connectivity index (χ1) is 8.16. The maximum absolute atomic E-state index is 10.8. The van der Waals surface area contributed by atoms with E-state index >= 15 is 0 Å². The van der Waals surface area contributed by atoms with Gasteiger partial charge in [-0.25, -0.2) is 14.8 Å². The Hall–Kier alpha value is -1.89. The van der Waals surface area contributed by atoms with Crippen LogP contribution < -0.4 is 5.32 Å². The average molecular weight is 252 g/mol. The third-order valence-corrected chi connectivity index (χ3v) is 3.15. The van der Waals surface area contributed by atoms with Gasteiger partial charge in [0.25, 0.3) is 0 Å². The molecule has 0 saturated heterocycles. The van der Waals surface area contributed by atoms with Gasteiger partial charge in [0.15, 0.2) is 10.8 Å². The molecule has 0 aliphatic heterocycles. The fourth-order valence-corrected chi connectivity index (χ4v) is 2.23. The fraction of sp³-hybridized carbons (Fsp3) is 0.300. The second-order valence-corrected chi connectivity index (χ2v) is 4.69. The van der Waals surface area contributed by atoms with Crippen molar-refractivity contribution >= 4 is 22.4 Å². The molecule has 0 amide bonds. The molecule has 0 bridgehead atoms. The van der Waals surface area contributed by atoms with E-state index in [0.29, 0.717) is 16.6 Å². The summed E-state index contributed by atoms with van der Waals surface area (Å²) in [4.78, 5) is 22.4. The van der Waals surface area contributed by atoms with Crippen molar-refractivity contribution in [1.82, 2.24) is 15.0 Å². The number of nitrogens with zero attached hydrogens (tertiary/aromatic N) is 2. The van der Waals surface area contributed by atoms with Crippen molar-refractivity contribution in [3.8, 4) is 0 Å². The molecule has 3 N–H and O–H groups in total. The molecule has 2 aromatic heterocycles. The lowest BCUT2D eigenvalue weighted by atomic mass is 10.3. The van der Waals surface area contributed by atoms with Crippen LogP contribution in [0.15, 0.2) is 12.5 Å². The summed E-state index contributed by atoms with van der Waals surface area (Å²) < 4.78 is 0. The van der Waals surface area contributed by atoms with Gasteiger partial charge >= 0.3 is 5.97 Å². The smallest absolute Gasteiger partial charge is 0.355 e. The van der Waals surface area contributed by atoms with E-state index in [1.54, 1.807) is 19.4 Å². The number of aromatic amines is 1. The van der Waals surface area contributed by atoms with Gasteiger partial charge in [-0.2, -0.15) is 0 Å². The molecular formula is C10H12N4O2S. The largest absolute Gasteiger partial charge is 0.476 e. The number of anilines is 1. The van der Waals surface area contributed by atoms with Crippen molar-refractivity contribution in [3.05, 3.63) is 28.8 Å². The predicted octanol–water partition coefficient (Wildman–Crippen LogP) is 1.53. The summed E-state index contributed by atoms with van der Waals surface area (Å²) in [5, 5.41) is 12.6. The zero-order valence-corrected chi connectivity index (χ0v) is 10.0. The maximum Gasteiger partial charge on any atom is 0.355 e. The lowest BCUT2D eigenvalue weighted by Gasteiger charge is -1.99. The third kappa shape index (κ3) is 2.82. The van der Waals surface area contributed by atoms with Crippen LogP contribution in [0.5, 0.6) is 0 Å². The molecule has 7 heteroatoms. The van der Waals surface area contributed by atoms with Crippen molar-refractivity contribution in [1.29, 1.82) is 0 Å². The number of aromatic carboxylic acids is 1. The number of carboxylic acids is 1. The summed E-state index contributed by atoms with van der Waals surface area (Å²) in [6.45, 7) is 2.44. The minimum Gasteiger partial charge on any atom is -0.476 e. The summed E-state index contributed by atoms with van der Waals surface area (Å²) in [5.74, 6) is -0.986. The molecule has 0 spiro atoms. The molecule has 2 aromatic rings. The number of aryl methyl sites for hydroxylation is 1. The standard InChI is InChI=1S/C10H12N4O2S/c1-6-8(9(15)16)14-10(17-6)12-3-2-7-4-11-5-13-7/h4-5H,2-3H2,1H3,(H,11,13)(H,12,14)(H,15,16). The number of aromatic nitrogens is 3. The van der Waals surface area contributed by atoms with Crippen LogP contribution in [-0.2, 0) is 6.42 Å². The summed E-state index contributed by atoms with van der Waals surface area (Å²) in [5.41, 5.74) is 1.16. The summed E-state index contributed by atoms with van der Waals surface area (Å²) in [6, 6.07) is 0. The predicted molar refractivity (Wildman–Crippen MR) is 64.6 cm³/mol. The number of carboxylic acid groups (broad SMARTS) is 1. The Morgan fingerprint density at radius 1 is 1.65 bits per heavy atom. The lowest BCUT2D eigenvalue weighted by Crippen LogP contribution is -2.05. The van der Waals surface area contributed by atoms with Crippen LogP contribution in [0.4, 0.5) is 5.13 Å². The van der Waals surface area contributed by atoms with Crippen LogP contribution in [-0.4, -0.2) is 32.6 Å². The maximum atomic E-state index is 10.8. The Kier molecular flexibility index (Phi) is 3.38. The van der Waals surface area contributed by atoms with Gasteiger partial charge < -0.3 is 15.4 Å². The highest BCUT2D eigenvalue weighted by molar-refractivity contribution is 7.15. The van der Waals surface area contributed by atoms with Gasteiger partial charge in [-0.1, -0.05) is 0 Å². The van der Waals surface area contributed by atoms with Crippen LogP contribution in [0.25, 0.3) is 0 Å². The Morgan fingerprint density at radius 2 is 2.47 bits per heavy atom. The van der Waals surface area contributed by atoms with E-state index < -0.39 is 5.97 Å². The molecule has 90 valence electrons. The highest BCUT2D eigenvalue weighted by Crippen LogP contribution is 2.21. The first kappa shape index (κ1) is 11.6. The highest BCUT2D eigenvalue weighted by atomic mass is 32.1. The number of imidazole rings is 1. The Labute approximate surface area is 102 Å². The number of H-pyrrole nitrogens is 1. The number of carbonyl (C=O) groups is 1. The van der Waals surface area contributed by atoms with Crippen LogP contribution >= 0.6 is 11.3 Å². The number of thiazole rings is 1. The molecule has 0 radical (unpaired) electrons.